The summed E-state index contributed by atoms with van der Waals surface area (Å²) in [7, 11) is 6.14. The van der Waals surface area contributed by atoms with Crippen LogP contribution < -0.4 is 43.1 Å². The predicted octanol–water partition coefficient (Wildman–Crippen LogP) is 12.9. The van der Waals surface area contributed by atoms with Gasteiger partial charge in [0.25, 0.3) is 0 Å². The Balaban J connectivity index is 1.07. The molecule has 2 saturated heterocycles. The lowest BCUT2D eigenvalue weighted by Gasteiger charge is -2.34. The van der Waals surface area contributed by atoms with Crippen LogP contribution in [0, 0.1) is 17.5 Å². The summed E-state index contributed by atoms with van der Waals surface area (Å²) in [4.78, 5) is 26.0. The van der Waals surface area contributed by atoms with Crippen LogP contribution in [0.5, 0.6) is 34.9 Å². The minimum absolute atomic E-state index is 0.0386. The highest BCUT2D eigenvalue weighted by atomic mass is 19.4. The molecule has 0 aliphatic carbocycles. The first-order chi connectivity index (χ1) is 40.6. The molecule has 0 unspecified atom stereocenters. The Morgan fingerprint density at radius 1 is 0.702 bits per heavy atom. The molecule has 11 rings (SSSR count). The van der Waals surface area contributed by atoms with Crippen molar-refractivity contribution in [3.8, 4) is 46.1 Å². The molecule has 0 spiro atoms. The maximum atomic E-state index is 18.3. The van der Waals surface area contributed by atoms with Gasteiger partial charge in [0.2, 0.25) is 5.88 Å². The van der Waals surface area contributed by atoms with Crippen molar-refractivity contribution in [2.75, 3.05) is 76.0 Å². The average molecular weight is 1160 g/mol. The van der Waals surface area contributed by atoms with Gasteiger partial charge in [0.1, 0.15) is 82.1 Å². The number of halogens is 7. The largest absolute Gasteiger partial charge is 0.497 e. The van der Waals surface area contributed by atoms with E-state index in [2.05, 4.69) is 14.9 Å². The van der Waals surface area contributed by atoms with Crippen molar-refractivity contribution < 1.29 is 59.2 Å². The summed E-state index contributed by atoms with van der Waals surface area (Å²) in [5.74, 6) is -2.21. The zero-order valence-electron chi connectivity index (χ0n) is 46.9. The number of hydrogen-bond acceptors (Lipinski definition) is 14. The lowest BCUT2D eigenvalue weighted by Crippen LogP contribution is -2.43. The van der Waals surface area contributed by atoms with Gasteiger partial charge >= 0.3 is 12.2 Å². The maximum Gasteiger partial charge on any atom is 0.417 e. The molecule has 438 valence electrons. The maximum absolute atomic E-state index is 18.3. The third-order valence-corrected chi connectivity index (χ3v) is 16.0. The molecule has 0 radical (unpaired) electrons. The number of anilines is 3. The number of benzene rings is 5. The van der Waals surface area contributed by atoms with Gasteiger partial charge in [-0.2, -0.15) is 23.1 Å². The third-order valence-electron chi connectivity index (χ3n) is 16.0. The second kappa shape index (κ2) is 23.9. The molecule has 3 aromatic heterocycles. The Morgan fingerprint density at radius 2 is 1.25 bits per heavy atom. The van der Waals surface area contributed by atoms with Gasteiger partial charge in [-0.1, -0.05) is 54.6 Å². The van der Waals surface area contributed by atoms with Crippen LogP contribution in [-0.4, -0.2) is 97.8 Å². The molecule has 0 bridgehead atoms. The monoisotopic (exact) mass is 1160 g/mol. The Kier molecular flexibility index (Phi) is 16.3. The second-order valence-electron chi connectivity index (χ2n) is 21.2. The Labute approximate surface area is 481 Å². The van der Waals surface area contributed by atoms with Crippen molar-refractivity contribution >= 4 is 28.2 Å². The molecule has 2 fully saturated rings. The minimum Gasteiger partial charge on any atom is -0.497 e. The number of methoxy groups -OCH3 is 4. The van der Waals surface area contributed by atoms with Crippen molar-refractivity contribution in [2.24, 2.45) is 0 Å². The number of hydrogen-bond donors (Lipinski definition) is 0. The van der Waals surface area contributed by atoms with Crippen LogP contribution in [0.25, 0.3) is 22.2 Å². The molecular weight excluding hydrogens is 1100 g/mol. The molecule has 0 saturated carbocycles. The molecule has 14 nitrogen and oxygen atoms in total. The predicted molar refractivity (Wildman–Crippen MR) is 303 cm³/mol. The van der Waals surface area contributed by atoms with Gasteiger partial charge in [-0.3, -0.25) is 4.90 Å². The fourth-order valence-electron chi connectivity index (χ4n) is 11.8. The number of rotatable bonds is 20. The van der Waals surface area contributed by atoms with Gasteiger partial charge in [-0.25, -0.2) is 27.5 Å². The van der Waals surface area contributed by atoms with Crippen molar-refractivity contribution in [1.82, 2.24) is 24.8 Å². The molecule has 21 heteroatoms. The Hall–Kier alpha value is -8.59. The molecule has 5 aromatic carbocycles. The van der Waals surface area contributed by atoms with Crippen molar-refractivity contribution in [2.45, 2.75) is 76.3 Å². The second-order valence-corrected chi connectivity index (χ2v) is 21.2. The van der Waals surface area contributed by atoms with Gasteiger partial charge in [0.15, 0.2) is 11.6 Å². The zero-order chi connectivity index (χ0) is 58.9. The number of alkyl halides is 4. The normalized spacial score (nSPS) is 17.1. The summed E-state index contributed by atoms with van der Waals surface area (Å²) in [5.41, 5.74) is -2.93. The van der Waals surface area contributed by atoms with E-state index < -0.39 is 75.3 Å². The number of ether oxygens (including phenoxy) is 6. The first-order valence-electron chi connectivity index (χ1n) is 27.5. The Morgan fingerprint density at radius 3 is 1.79 bits per heavy atom. The van der Waals surface area contributed by atoms with E-state index in [1.165, 1.54) is 19.1 Å². The van der Waals surface area contributed by atoms with E-state index in [0.29, 0.717) is 71.6 Å². The van der Waals surface area contributed by atoms with E-state index >= 15 is 30.7 Å². The van der Waals surface area contributed by atoms with Gasteiger partial charge in [0.05, 0.1) is 57.7 Å². The van der Waals surface area contributed by atoms with Crippen LogP contribution in [0.1, 0.15) is 65.6 Å². The van der Waals surface area contributed by atoms with Crippen molar-refractivity contribution in [3.05, 3.63) is 172 Å². The van der Waals surface area contributed by atoms with Crippen molar-refractivity contribution in [1.29, 1.82) is 0 Å². The van der Waals surface area contributed by atoms with Crippen LogP contribution in [0.4, 0.5) is 48.1 Å². The van der Waals surface area contributed by atoms with E-state index in [1.807, 2.05) is 71.3 Å². The van der Waals surface area contributed by atoms with Gasteiger partial charge in [0, 0.05) is 50.9 Å². The lowest BCUT2D eigenvalue weighted by molar-refractivity contribution is -0.137. The first-order valence-corrected chi connectivity index (χ1v) is 27.5. The van der Waals surface area contributed by atoms with E-state index in [0.717, 1.165) is 17.5 Å². The van der Waals surface area contributed by atoms with E-state index in [-0.39, 0.29) is 69.1 Å². The minimum atomic E-state index is -5.44. The number of nitrogens with zero attached hydrogens (tertiary/aromatic N) is 8. The van der Waals surface area contributed by atoms with Crippen molar-refractivity contribution in [3.63, 3.8) is 0 Å². The SMILES string of the molecule is COc1ccc(CN(Cc2ccc(OC)cc2)c2ncccc2[C@@H](C)N2CCOc3nc(-c4c(C(F)(F)F)cc(F)c(N(Cc5ccc(OC)cc5)Cc5ccc(OC)cc5)c4F)c(F)c4nc(OC[C@@]56CCCN5C[C@H](F)C6)nc2c34)cc1. The highest BCUT2D eigenvalue weighted by molar-refractivity contribution is 5.97. The smallest absolute Gasteiger partial charge is 0.417 e. The standard InChI is InChI=1S/C63H61F7N8O6/c1-38(48-8-6-26-71-58(48)76(34-41-13-21-46(81-4)22-14-41)35-42-15-23-47(82-5)24-16-42)78-28-29-83-60-52-56(73-61(74-59(52)78)84-37-62-25-7-27-77(62)36-43(64)31-62)54(67)55(72-60)51-49(63(68,69)70)30-50(65)57(53(51)66)75(32-39-9-17-44(79-2)18-10-39)33-40-11-19-45(80-3)20-12-40/h6,8-24,26,30,38,43H,7,25,27-29,31-37H2,1-5H3/t38-,43-,62+/m1/s1. The van der Waals surface area contributed by atoms with Crippen LogP contribution in [0.3, 0.4) is 0 Å². The van der Waals surface area contributed by atoms with Gasteiger partial charge in [-0.15, -0.1) is 0 Å². The summed E-state index contributed by atoms with van der Waals surface area (Å²) in [5, 5.41) is -0.144. The van der Waals surface area contributed by atoms with Crippen LogP contribution in [0.2, 0.25) is 0 Å². The summed E-state index contributed by atoms with van der Waals surface area (Å²) in [6.07, 6.45) is -3.33. The molecule has 0 amide bonds. The topological polar surface area (TPSA) is 120 Å². The number of pyridine rings is 2. The highest BCUT2D eigenvalue weighted by Gasteiger charge is 2.50. The fourth-order valence-corrected chi connectivity index (χ4v) is 11.8. The van der Waals surface area contributed by atoms with Gasteiger partial charge in [-0.05, 0) is 109 Å². The molecule has 3 aliphatic rings. The van der Waals surface area contributed by atoms with E-state index in [1.54, 1.807) is 75.0 Å². The molecule has 6 heterocycles. The first kappa shape index (κ1) is 57.2. The Bertz CT molecular complexity index is 3540. The lowest BCUT2D eigenvalue weighted by atomic mass is 9.95. The molecule has 3 aliphatic heterocycles. The molecule has 0 N–H and O–H groups in total. The highest BCUT2D eigenvalue weighted by Crippen LogP contribution is 2.49. The molecular formula is C63H61F7N8O6. The molecule has 3 atom stereocenters. The third kappa shape index (κ3) is 11.6. The summed E-state index contributed by atoms with van der Waals surface area (Å²) < 4.78 is 149. The summed E-state index contributed by atoms with van der Waals surface area (Å²) in [6.45, 7) is 2.86. The zero-order valence-corrected chi connectivity index (χ0v) is 46.9. The number of aromatic nitrogens is 4. The summed E-state index contributed by atoms with van der Waals surface area (Å²) >= 11 is 0. The van der Waals surface area contributed by atoms with Crippen LogP contribution in [-0.2, 0) is 32.4 Å². The van der Waals surface area contributed by atoms with Crippen LogP contribution in [0.15, 0.2) is 121 Å². The number of fused-ring (bicyclic) bond motifs is 1. The summed E-state index contributed by atoms with van der Waals surface area (Å²) in [6, 6.07) is 31.3. The van der Waals surface area contributed by atoms with Gasteiger partial charge < -0.3 is 43.1 Å². The van der Waals surface area contributed by atoms with E-state index in [4.69, 9.17) is 38.4 Å². The van der Waals surface area contributed by atoms with E-state index in [9.17, 15) is 0 Å². The quantitative estimate of drug-likeness (QED) is 0.0673. The molecule has 8 aromatic rings. The fraction of sp³-hybridized carbons (Fsp3) is 0.333. The average Bonchev–Trinajstić information content (AvgIpc) is 1.85. The van der Waals surface area contributed by atoms with Crippen LogP contribution >= 0.6 is 0 Å². The molecule has 84 heavy (non-hydrogen) atoms.